The van der Waals surface area contributed by atoms with Crippen LogP contribution in [0, 0.1) is 5.92 Å². The third kappa shape index (κ3) is 5.17. The zero-order chi connectivity index (χ0) is 21.0. The minimum absolute atomic E-state index is 0.0609. The van der Waals surface area contributed by atoms with Crippen LogP contribution in [0.25, 0.3) is 0 Å². The number of carbonyl (C=O) groups is 2. The van der Waals surface area contributed by atoms with E-state index in [-0.39, 0.29) is 29.0 Å². The van der Waals surface area contributed by atoms with Crippen molar-refractivity contribution in [3.8, 4) is 0 Å². The topological polar surface area (TPSA) is 84.0 Å². The highest BCUT2D eigenvalue weighted by molar-refractivity contribution is 7.89. The average Bonchev–Trinajstić information content (AvgIpc) is 2.72. The van der Waals surface area contributed by atoms with Crippen molar-refractivity contribution in [1.29, 1.82) is 0 Å². The van der Waals surface area contributed by atoms with E-state index in [0.717, 1.165) is 32.1 Å². The maximum Gasteiger partial charge on any atom is 0.338 e. The first-order valence-corrected chi connectivity index (χ1v) is 11.8. The lowest BCUT2D eigenvalue weighted by atomic mass is 9.99. The van der Waals surface area contributed by atoms with E-state index in [9.17, 15) is 18.0 Å². The third-order valence-corrected chi connectivity index (χ3v) is 7.89. The Morgan fingerprint density at radius 1 is 1.07 bits per heavy atom. The van der Waals surface area contributed by atoms with E-state index in [4.69, 9.17) is 4.74 Å². The van der Waals surface area contributed by atoms with Gasteiger partial charge in [-0.25, -0.2) is 13.2 Å². The molecule has 0 aliphatic carbocycles. The maximum absolute atomic E-state index is 13.0. The van der Waals surface area contributed by atoms with Gasteiger partial charge in [-0.1, -0.05) is 19.4 Å². The summed E-state index contributed by atoms with van der Waals surface area (Å²) in [6.45, 7) is 5.59. The molecule has 160 valence electrons. The van der Waals surface area contributed by atoms with Crippen molar-refractivity contribution in [3.63, 3.8) is 0 Å². The summed E-state index contributed by atoms with van der Waals surface area (Å²) < 4.78 is 32.6. The smallest absolute Gasteiger partial charge is 0.338 e. The molecule has 0 radical (unpaired) electrons. The highest BCUT2D eigenvalue weighted by Gasteiger charge is 2.31. The largest absolute Gasteiger partial charge is 0.452 e. The Morgan fingerprint density at radius 2 is 1.79 bits per heavy atom. The number of amides is 1. The van der Waals surface area contributed by atoms with E-state index in [1.165, 1.54) is 28.6 Å². The highest BCUT2D eigenvalue weighted by atomic mass is 32.2. The molecule has 8 heteroatoms. The van der Waals surface area contributed by atoms with Crippen molar-refractivity contribution in [2.45, 2.75) is 56.9 Å². The lowest BCUT2D eigenvalue weighted by Crippen LogP contribution is -2.42. The number of hydrogen-bond donors (Lipinski definition) is 0. The molecular weight excluding hydrogens is 392 g/mol. The van der Waals surface area contributed by atoms with Crippen LogP contribution in [0.15, 0.2) is 29.2 Å². The summed E-state index contributed by atoms with van der Waals surface area (Å²) in [5.74, 6) is -0.294. The number of ether oxygens (including phenoxy) is 1. The summed E-state index contributed by atoms with van der Waals surface area (Å²) in [5.41, 5.74) is 0.135. The molecule has 3 rings (SSSR count). The minimum Gasteiger partial charge on any atom is -0.452 e. The molecule has 1 amide bonds. The molecule has 1 aromatic carbocycles. The van der Waals surface area contributed by atoms with Gasteiger partial charge in [0.1, 0.15) is 0 Å². The molecule has 7 nitrogen and oxygen atoms in total. The average molecular weight is 423 g/mol. The third-order valence-electron chi connectivity index (χ3n) is 5.88. The number of hydrogen-bond acceptors (Lipinski definition) is 5. The lowest BCUT2D eigenvalue weighted by Gasteiger charge is -2.32. The van der Waals surface area contributed by atoms with Gasteiger partial charge in [0.2, 0.25) is 10.0 Å². The Hall–Kier alpha value is -1.93. The first kappa shape index (κ1) is 21.8. The fourth-order valence-electron chi connectivity index (χ4n) is 3.91. The van der Waals surface area contributed by atoms with E-state index in [1.54, 1.807) is 4.90 Å². The molecule has 1 atom stereocenters. The Kier molecular flexibility index (Phi) is 6.95. The number of sulfonamides is 1. The number of esters is 1. The fraction of sp³-hybridized carbons (Fsp3) is 0.619. The van der Waals surface area contributed by atoms with E-state index in [1.807, 2.05) is 6.92 Å². The summed E-state index contributed by atoms with van der Waals surface area (Å²) in [7, 11) is -3.67. The molecule has 2 aliphatic heterocycles. The quantitative estimate of drug-likeness (QED) is 0.681. The number of nitrogens with zero attached hydrogens (tertiary/aromatic N) is 2. The van der Waals surface area contributed by atoms with Crippen LogP contribution in [0.5, 0.6) is 0 Å². The number of rotatable bonds is 5. The van der Waals surface area contributed by atoms with Crippen LogP contribution in [-0.2, 0) is 19.6 Å². The lowest BCUT2D eigenvalue weighted by molar-refractivity contribution is -0.135. The van der Waals surface area contributed by atoms with Crippen LogP contribution in [0.1, 0.15) is 56.3 Å². The zero-order valence-corrected chi connectivity index (χ0v) is 18.0. The van der Waals surface area contributed by atoms with E-state index < -0.39 is 16.0 Å². The van der Waals surface area contributed by atoms with Crippen LogP contribution >= 0.6 is 0 Å². The number of benzene rings is 1. The van der Waals surface area contributed by atoms with Gasteiger partial charge < -0.3 is 9.64 Å². The molecule has 0 saturated carbocycles. The molecule has 2 aliphatic rings. The molecule has 2 heterocycles. The summed E-state index contributed by atoms with van der Waals surface area (Å²) in [6, 6.07) is 5.81. The Morgan fingerprint density at radius 3 is 2.48 bits per heavy atom. The molecule has 1 aromatic rings. The number of piperidine rings is 2. The first-order chi connectivity index (χ1) is 13.8. The molecule has 0 N–H and O–H groups in total. The van der Waals surface area contributed by atoms with Gasteiger partial charge in [-0.15, -0.1) is 0 Å². The van der Waals surface area contributed by atoms with Crippen molar-refractivity contribution >= 4 is 21.9 Å². The second kappa shape index (κ2) is 9.26. The van der Waals surface area contributed by atoms with Crippen LogP contribution < -0.4 is 0 Å². The fourth-order valence-corrected chi connectivity index (χ4v) is 5.65. The van der Waals surface area contributed by atoms with Gasteiger partial charge in [-0.05, 0) is 56.7 Å². The summed E-state index contributed by atoms with van der Waals surface area (Å²) in [6.07, 6.45) is 4.59. The van der Waals surface area contributed by atoms with Crippen molar-refractivity contribution in [2.75, 3.05) is 26.2 Å². The van der Waals surface area contributed by atoms with Gasteiger partial charge >= 0.3 is 5.97 Å². The molecule has 29 heavy (non-hydrogen) atoms. The normalized spacial score (nSPS) is 21.7. The molecule has 0 bridgehead atoms. The molecule has 0 spiro atoms. The van der Waals surface area contributed by atoms with Crippen LogP contribution in [0.2, 0.25) is 0 Å². The summed E-state index contributed by atoms with van der Waals surface area (Å²) in [5, 5.41) is 0. The molecule has 0 aromatic heterocycles. The van der Waals surface area contributed by atoms with Gasteiger partial charge in [-0.2, -0.15) is 4.31 Å². The maximum atomic E-state index is 13.0. The predicted molar refractivity (Wildman–Crippen MR) is 109 cm³/mol. The Labute approximate surface area is 173 Å². The van der Waals surface area contributed by atoms with Crippen molar-refractivity contribution in [2.24, 2.45) is 5.92 Å². The van der Waals surface area contributed by atoms with Gasteiger partial charge in [0.05, 0.1) is 10.5 Å². The summed E-state index contributed by atoms with van der Waals surface area (Å²) >= 11 is 0. The molecule has 2 saturated heterocycles. The van der Waals surface area contributed by atoms with Crippen molar-refractivity contribution in [3.05, 3.63) is 29.8 Å². The zero-order valence-electron chi connectivity index (χ0n) is 17.2. The summed E-state index contributed by atoms with van der Waals surface area (Å²) in [4.78, 5) is 26.5. The number of carbonyl (C=O) groups excluding carboxylic acids is 2. The minimum atomic E-state index is -3.67. The van der Waals surface area contributed by atoms with Gasteiger partial charge in [0.25, 0.3) is 5.91 Å². The first-order valence-electron chi connectivity index (χ1n) is 10.4. The van der Waals surface area contributed by atoms with E-state index in [2.05, 4.69) is 6.92 Å². The van der Waals surface area contributed by atoms with E-state index in [0.29, 0.717) is 25.6 Å². The predicted octanol–water partition coefficient (Wildman–Crippen LogP) is 2.67. The second-order valence-corrected chi connectivity index (χ2v) is 10.0. The van der Waals surface area contributed by atoms with Crippen LogP contribution in [-0.4, -0.2) is 61.8 Å². The molecule has 2 fully saturated rings. The van der Waals surface area contributed by atoms with Gasteiger partial charge in [-0.3, -0.25) is 4.79 Å². The van der Waals surface area contributed by atoms with Crippen molar-refractivity contribution < 1.29 is 22.7 Å². The monoisotopic (exact) mass is 422 g/mol. The second-order valence-electron chi connectivity index (χ2n) is 8.13. The number of likely N-dealkylation sites (tertiary alicyclic amines) is 1. The Bertz CT molecular complexity index is 846. The Balaban J connectivity index is 1.64. The molecular formula is C21H30N2O5S. The van der Waals surface area contributed by atoms with Crippen LogP contribution in [0.3, 0.4) is 0 Å². The van der Waals surface area contributed by atoms with E-state index >= 15 is 0 Å². The standard InChI is InChI=1S/C21H30N2O5S/c1-16-9-12-22(13-10-16)20(24)15-28-21(25)18-7-5-8-19(14-18)29(26,27)23-11-4-3-6-17(23)2/h5,7-8,14,16-17H,3-4,6,9-13,15H2,1-2H3/t17-/m0/s1. The van der Waals surface area contributed by atoms with Crippen molar-refractivity contribution in [1.82, 2.24) is 9.21 Å². The van der Waals surface area contributed by atoms with Gasteiger partial charge in [0, 0.05) is 25.7 Å². The van der Waals surface area contributed by atoms with Gasteiger partial charge in [0.15, 0.2) is 6.61 Å². The molecule has 0 unspecified atom stereocenters. The SMILES string of the molecule is CC1CCN(C(=O)COC(=O)c2cccc(S(=O)(=O)N3CCCC[C@@H]3C)c2)CC1. The highest BCUT2D eigenvalue weighted by Crippen LogP contribution is 2.25. The van der Waals surface area contributed by atoms with Crippen LogP contribution in [0.4, 0.5) is 0 Å².